The lowest BCUT2D eigenvalue weighted by atomic mass is 10.2. The Kier molecular flexibility index (Phi) is 4.70. The van der Waals surface area contributed by atoms with Gasteiger partial charge in [0.2, 0.25) is 0 Å². The summed E-state index contributed by atoms with van der Waals surface area (Å²) >= 11 is 0. The first kappa shape index (κ1) is 14.5. The average molecular weight is 250 g/mol. The minimum absolute atomic E-state index is 0.0712. The van der Waals surface area contributed by atoms with Crippen molar-refractivity contribution < 1.29 is 9.53 Å². The summed E-state index contributed by atoms with van der Waals surface area (Å²) in [6, 6.07) is 5.74. The zero-order valence-corrected chi connectivity index (χ0v) is 11.8. The molecule has 0 N–H and O–H groups in total. The molecule has 1 rings (SSSR count). The molecule has 0 aromatic carbocycles. The molecule has 0 aliphatic heterocycles. The van der Waals surface area contributed by atoms with Gasteiger partial charge in [0, 0.05) is 12.2 Å². The maximum Gasteiger partial charge on any atom is 0.410 e. The molecule has 1 heterocycles. The Labute approximate surface area is 109 Å². The number of hydrogen-bond acceptors (Lipinski definition) is 3. The van der Waals surface area contributed by atoms with Gasteiger partial charge in [0.05, 0.1) is 12.2 Å². The van der Waals surface area contributed by atoms with E-state index in [1.165, 1.54) is 0 Å². The van der Waals surface area contributed by atoms with E-state index in [1.807, 2.05) is 52.8 Å². The van der Waals surface area contributed by atoms with Gasteiger partial charge in [0.1, 0.15) is 5.60 Å². The van der Waals surface area contributed by atoms with E-state index < -0.39 is 5.60 Å². The van der Waals surface area contributed by atoms with E-state index in [4.69, 9.17) is 4.74 Å². The van der Waals surface area contributed by atoms with E-state index in [0.29, 0.717) is 6.54 Å². The Hall–Kier alpha value is -1.58. The third-order valence-electron chi connectivity index (χ3n) is 2.31. The van der Waals surface area contributed by atoms with Crippen molar-refractivity contribution in [3.05, 3.63) is 30.1 Å². The van der Waals surface area contributed by atoms with Crippen LogP contribution in [-0.2, 0) is 11.3 Å². The molecule has 0 aliphatic rings. The largest absolute Gasteiger partial charge is 0.444 e. The summed E-state index contributed by atoms with van der Waals surface area (Å²) in [5.74, 6) is 0. The minimum atomic E-state index is -0.478. The van der Waals surface area contributed by atoms with Crippen LogP contribution < -0.4 is 0 Å². The summed E-state index contributed by atoms with van der Waals surface area (Å²) in [6.07, 6.45) is 1.42. The van der Waals surface area contributed by atoms with Gasteiger partial charge in [-0.05, 0) is 46.8 Å². The van der Waals surface area contributed by atoms with Crippen molar-refractivity contribution in [2.75, 3.05) is 0 Å². The van der Waals surface area contributed by atoms with Crippen molar-refractivity contribution in [2.24, 2.45) is 0 Å². The minimum Gasteiger partial charge on any atom is -0.444 e. The first-order chi connectivity index (χ1) is 8.29. The van der Waals surface area contributed by atoms with Crippen LogP contribution in [-0.4, -0.2) is 27.6 Å². The van der Waals surface area contributed by atoms with Crippen LogP contribution in [0.2, 0.25) is 0 Å². The van der Waals surface area contributed by atoms with Gasteiger partial charge in [0.25, 0.3) is 0 Å². The fourth-order valence-electron chi connectivity index (χ4n) is 1.44. The number of amides is 1. The normalized spacial score (nSPS) is 11.4. The summed E-state index contributed by atoms with van der Waals surface area (Å²) in [5.41, 5.74) is 0.381. The predicted molar refractivity (Wildman–Crippen MR) is 71.2 cm³/mol. The Morgan fingerprint density at radius 1 is 1.39 bits per heavy atom. The second-order valence-corrected chi connectivity index (χ2v) is 5.52. The third kappa shape index (κ3) is 4.73. The first-order valence-corrected chi connectivity index (χ1v) is 6.19. The molecule has 1 amide bonds. The SMILES string of the molecule is CC(C)N(Cc1ccccn1)C(=O)OC(C)(C)C. The highest BCUT2D eigenvalue weighted by molar-refractivity contribution is 5.68. The molecule has 18 heavy (non-hydrogen) atoms. The Bertz CT molecular complexity index is 383. The summed E-state index contributed by atoms with van der Waals surface area (Å²) < 4.78 is 5.39. The molecule has 0 unspecified atom stereocenters. The maximum atomic E-state index is 12.1. The topological polar surface area (TPSA) is 42.4 Å². The molecule has 0 saturated carbocycles. The lowest BCUT2D eigenvalue weighted by Crippen LogP contribution is -2.40. The quantitative estimate of drug-likeness (QED) is 0.827. The van der Waals surface area contributed by atoms with Gasteiger partial charge in [0.15, 0.2) is 0 Å². The summed E-state index contributed by atoms with van der Waals surface area (Å²) in [5, 5.41) is 0. The second kappa shape index (κ2) is 5.85. The van der Waals surface area contributed by atoms with Gasteiger partial charge in [-0.2, -0.15) is 0 Å². The molecule has 0 aliphatic carbocycles. The van der Waals surface area contributed by atoms with E-state index in [9.17, 15) is 4.79 Å². The Balaban J connectivity index is 2.75. The van der Waals surface area contributed by atoms with Crippen LogP contribution in [0.4, 0.5) is 4.79 Å². The number of hydrogen-bond donors (Lipinski definition) is 0. The lowest BCUT2D eigenvalue weighted by Gasteiger charge is -2.29. The summed E-state index contributed by atoms with van der Waals surface area (Å²) in [4.78, 5) is 18.0. The molecular weight excluding hydrogens is 228 g/mol. The maximum absolute atomic E-state index is 12.1. The molecule has 1 aromatic rings. The van der Waals surface area contributed by atoms with Crippen molar-refractivity contribution in [2.45, 2.75) is 52.8 Å². The molecule has 0 saturated heterocycles. The van der Waals surface area contributed by atoms with E-state index in [1.54, 1.807) is 11.1 Å². The molecule has 4 heteroatoms. The van der Waals surface area contributed by atoms with E-state index in [0.717, 1.165) is 5.69 Å². The van der Waals surface area contributed by atoms with Crippen molar-refractivity contribution >= 4 is 6.09 Å². The van der Waals surface area contributed by atoms with Crippen molar-refractivity contribution in [3.8, 4) is 0 Å². The third-order valence-corrected chi connectivity index (χ3v) is 2.31. The van der Waals surface area contributed by atoms with Gasteiger partial charge in [-0.1, -0.05) is 6.07 Å². The molecule has 0 spiro atoms. The van der Waals surface area contributed by atoms with Crippen LogP contribution >= 0.6 is 0 Å². The first-order valence-electron chi connectivity index (χ1n) is 6.19. The standard InChI is InChI=1S/C14H22N2O2/c1-11(2)16(13(17)18-14(3,4)5)10-12-8-6-7-9-15-12/h6-9,11H,10H2,1-5H3. The van der Waals surface area contributed by atoms with Gasteiger partial charge in [-0.15, -0.1) is 0 Å². The molecule has 0 bridgehead atoms. The fourth-order valence-corrected chi connectivity index (χ4v) is 1.44. The molecular formula is C14H22N2O2. The Morgan fingerprint density at radius 2 is 2.06 bits per heavy atom. The smallest absolute Gasteiger partial charge is 0.410 e. The zero-order chi connectivity index (χ0) is 13.8. The highest BCUT2D eigenvalue weighted by atomic mass is 16.6. The number of pyridine rings is 1. The van der Waals surface area contributed by atoms with E-state index in [-0.39, 0.29) is 12.1 Å². The lowest BCUT2D eigenvalue weighted by molar-refractivity contribution is 0.0169. The van der Waals surface area contributed by atoms with Crippen molar-refractivity contribution in [1.82, 2.24) is 9.88 Å². The molecule has 4 nitrogen and oxygen atoms in total. The van der Waals surface area contributed by atoms with Crippen LogP contribution in [0.15, 0.2) is 24.4 Å². The van der Waals surface area contributed by atoms with Crippen LogP contribution in [0, 0.1) is 0 Å². The van der Waals surface area contributed by atoms with E-state index >= 15 is 0 Å². The molecule has 0 fully saturated rings. The molecule has 0 atom stereocenters. The monoisotopic (exact) mass is 250 g/mol. The van der Waals surface area contributed by atoms with Gasteiger partial charge < -0.3 is 4.74 Å². The molecule has 100 valence electrons. The van der Waals surface area contributed by atoms with Gasteiger partial charge in [-0.3, -0.25) is 9.88 Å². The van der Waals surface area contributed by atoms with Crippen LogP contribution in [0.25, 0.3) is 0 Å². The molecule has 1 aromatic heterocycles. The number of aromatic nitrogens is 1. The Morgan fingerprint density at radius 3 is 2.50 bits per heavy atom. The van der Waals surface area contributed by atoms with Gasteiger partial charge >= 0.3 is 6.09 Å². The van der Waals surface area contributed by atoms with Crippen LogP contribution in [0.1, 0.15) is 40.3 Å². The van der Waals surface area contributed by atoms with Gasteiger partial charge in [-0.25, -0.2) is 4.79 Å². The zero-order valence-electron chi connectivity index (χ0n) is 11.8. The summed E-state index contributed by atoms with van der Waals surface area (Å²) in [7, 11) is 0. The van der Waals surface area contributed by atoms with E-state index in [2.05, 4.69) is 4.98 Å². The second-order valence-electron chi connectivity index (χ2n) is 5.52. The number of rotatable bonds is 3. The van der Waals surface area contributed by atoms with Crippen molar-refractivity contribution in [3.63, 3.8) is 0 Å². The van der Waals surface area contributed by atoms with Crippen LogP contribution in [0.3, 0.4) is 0 Å². The number of carbonyl (C=O) groups excluding carboxylic acids is 1. The highest BCUT2D eigenvalue weighted by Gasteiger charge is 2.24. The van der Waals surface area contributed by atoms with Crippen molar-refractivity contribution in [1.29, 1.82) is 0 Å². The number of carbonyl (C=O) groups is 1. The van der Waals surface area contributed by atoms with Crippen LogP contribution in [0.5, 0.6) is 0 Å². The average Bonchev–Trinajstić information content (AvgIpc) is 2.24. The molecule has 0 radical (unpaired) electrons. The highest BCUT2D eigenvalue weighted by Crippen LogP contribution is 2.14. The number of nitrogens with zero attached hydrogens (tertiary/aromatic N) is 2. The summed E-state index contributed by atoms with van der Waals surface area (Å²) in [6.45, 7) is 9.99. The fraction of sp³-hybridized carbons (Fsp3) is 0.571. The predicted octanol–water partition coefficient (Wildman–Crippen LogP) is 3.23. The number of ether oxygens (including phenoxy) is 1.